The molecule has 1 aromatic carbocycles. The van der Waals surface area contributed by atoms with Gasteiger partial charge in [-0.25, -0.2) is 0 Å². The van der Waals surface area contributed by atoms with Gasteiger partial charge in [-0.15, -0.1) is 0 Å². The lowest BCUT2D eigenvalue weighted by molar-refractivity contribution is -0.132. The molecule has 0 aromatic heterocycles. The number of esters is 1. The number of hydrogen-bond acceptors (Lipinski definition) is 3. The van der Waals surface area contributed by atoms with Crippen molar-refractivity contribution in [2.24, 2.45) is 0 Å². The van der Waals surface area contributed by atoms with Gasteiger partial charge >= 0.3 is 5.97 Å². The highest BCUT2D eigenvalue weighted by atomic mass is 35.5. The topological polar surface area (TPSA) is 43.4 Å². The minimum absolute atomic E-state index is 0.0605. The highest BCUT2D eigenvalue weighted by Gasteiger charge is 2.07. The largest absolute Gasteiger partial charge is 0.426 e. The van der Waals surface area contributed by atoms with E-state index >= 15 is 0 Å². The van der Waals surface area contributed by atoms with Crippen molar-refractivity contribution in [3.8, 4) is 5.75 Å². The fraction of sp³-hybridized carbons (Fsp3) is 0.200. The number of carbonyl (C=O) groups is 2. The maximum Gasteiger partial charge on any atom is 0.308 e. The van der Waals surface area contributed by atoms with Crippen LogP contribution in [0.25, 0.3) is 0 Å². The summed E-state index contributed by atoms with van der Waals surface area (Å²) >= 11 is 5.24. The molecule has 0 aliphatic heterocycles. The molecule has 0 saturated heterocycles. The highest BCUT2D eigenvalue weighted by molar-refractivity contribution is 6.63. The zero-order valence-corrected chi connectivity index (χ0v) is 8.38. The van der Waals surface area contributed by atoms with Crippen molar-refractivity contribution in [2.75, 3.05) is 0 Å². The Kier molecular flexibility index (Phi) is 3.65. The first kappa shape index (κ1) is 10.7. The second kappa shape index (κ2) is 4.77. The highest BCUT2D eigenvalue weighted by Crippen LogP contribution is 2.19. The van der Waals surface area contributed by atoms with Crippen molar-refractivity contribution in [3.63, 3.8) is 0 Å². The van der Waals surface area contributed by atoms with E-state index in [0.717, 1.165) is 0 Å². The number of halogens is 1. The van der Waals surface area contributed by atoms with Gasteiger partial charge in [-0.2, -0.15) is 0 Å². The molecular weight excluding hydrogens is 204 g/mol. The third kappa shape index (κ3) is 3.18. The van der Waals surface area contributed by atoms with E-state index in [-0.39, 0.29) is 6.42 Å². The maximum atomic E-state index is 10.7. The van der Waals surface area contributed by atoms with Crippen LogP contribution in [-0.4, -0.2) is 11.2 Å². The molecule has 1 rings (SSSR count). The number of hydrogen-bond donors (Lipinski definition) is 0. The molecule has 74 valence electrons. The van der Waals surface area contributed by atoms with E-state index in [1.54, 1.807) is 24.3 Å². The Morgan fingerprint density at radius 1 is 1.36 bits per heavy atom. The predicted octanol–water partition coefficient (Wildman–Crippen LogP) is 1.92. The van der Waals surface area contributed by atoms with Gasteiger partial charge in [0.25, 0.3) is 0 Å². The standard InChI is InChI=1S/C10H9ClO3/c1-7(12)14-9-5-3-2-4-8(9)6-10(11)13/h2-5H,6H2,1H3. The average molecular weight is 213 g/mol. The van der Waals surface area contributed by atoms with E-state index in [1.807, 2.05) is 0 Å². The first-order valence-electron chi connectivity index (χ1n) is 4.04. The molecule has 0 saturated carbocycles. The van der Waals surface area contributed by atoms with Crippen LogP contribution in [-0.2, 0) is 16.0 Å². The first-order valence-corrected chi connectivity index (χ1v) is 4.42. The second-order valence-electron chi connectivity index (χ2n) is 2.73. The normalized spacial score (nSPS) is 9.57. The van der Waals surface area contributed by atoms with E-state index in [4.69, 9.17) is 16.3 Å². The molecule has 0 radical (unpaired) electrons. The Morgan fingerprint density at radius 3 is 2.57 bits per heavy atom. The molecule has 3 nitrogen and oxygen atoms in total. The molecule has 0 unspecified atom stereocenters. The molecule has 0 bridgehead atoms. The third-order valence-corrected chi connectivity index (χ3v) is 1.69. The van der Waals surface area contributed by atoms with Crippen LogP contribution in [0.15, 0.2) is 24.3 Å². The van der Waals surface area contributed by atoms with Crippen molar-refractivity contribution in [2.45, 2.75) is 13.3 Å². The first-order chi connectivity index (χ1) is 6.59. The van der Waals surface area contributed by atoms with Gasteiger partial charge in [-0.05, 0) is 17.7 Å². The Bertz CT molecular complexity index is 325. The molecule has 0 fully saturated rings. The number of benzene rings is 1. The Labute approximate surface area is 86.6 Å². The molecule has 4 heteroatoms. The number of rotatable bonds is 3. The van der Waals surface area contributed by atoms with Crippen LogP contribution in [0, 0.1) is 0 Å². The molecule has 1 aromatic rings. The molecule has 0 atom stereocenters. The van der Waals surface area contributed by atoms with Crippen molar-refractivity contribution in [3.05, 3.63) is 29.8 Å². The van der Waals surface area contributed by atoms with Gasteiger partial charge < -0.3 is 4.74 Å². The van der Waals surface area contributed by atoms with Crippen LogP contribution in [0.1, 0.15) is 12.5 Å². The monoisotopic (exact) mass is 212 g/mol. The van der Waals surface area contributed by atoms with Crippen LogP contribution in [0.4, 0.5) is 0 Å². The van der Waals surface area contributed by atoms with Crippen molar-refractivity contribution in [1.82, 2.24) is 0 Å². The lowest BCUT2D eigenvalue weighted by atomic mass is 10.1. The third-order valence-electron chi connectivity index (χ3n) is 1.56. The maximum absolute atomic E-state index is 10.7. The fourth-order valence-electron chi connectivity index (χ4n) is 1.05. The van der Waals surface area contributed by atoms with Crippen molar-refractivity contribution < 1.29 is 14.3 Å². The minimum atomic E-state index is -0.482. The Hall–Kier alpha value is -1.35. The molecule has 0 heterocycles. The Balaban J connectivity index is 2.90. The summed E-state index contributed by atoms with van der Waals surface area (Å²) < 4.78 is 4.90. The van der Waals surface area contributed by atoms with Gasteiger partial charge in [0.2, 0.25) is 5.24 Å². The summed E-state index contributed by atoms with van der Waals surface area (Å²) in [7, 11) is 0. The lowest BCUT2D eigenvalue weighted by Gasteiger charge is -2.05. The molecular formula is C10H9ClO3. The van der Waals surface area contributed by atoms with Crippen molar-refractivity contribution in [1.29, 1.82) is 0 Å². The number of para-hydroxylation sites is 1. The summed E-state index contributed by atoms with van der Waals surface area (Å²) in [6.45, 7) is 1.30. The average Bonchev–Trinajstić information content (AvgIpc) is 2.06. The number of ether oxygens (including phenoxy) is 1. The molecule has 0 N–H and O–H groups in total. The van der Waals surface area contributed by atoms with E-state index in [0.29, 0.717) is 11.3 Å². The SMILES string of the molecule is CC(=O)Oc1ccccc1CC(=O)Cl. The van der Waals surface area contributed by atoms with E-state index in [9.17, 15) is 9.59 Å². The molecule has 14 heavy (non-hydrogen) atoms. The summed E-state index contributed by atoms with van der Waals surface area (Å²) in [5.41, 5.74) is 0.614. The van der Waals surface area contributed by atoms with E-state index in [1.165, 1.54) is 6.92 Å². The summed E-state index contributed by atoms with van der Waals surface area (Å²) in [6.07, 6.45) is 0.0605. The summed E-state index contributed by atoms with van der Waals surface area (Å²) in [4.78, 5) is 21.4. The lowest BCUT2D eigenvalue weighted by Crippen LogP contribution is -2.05. The van der Waals surface area contributed by atoms with Gasteiger partial charge in [0, 0.05) is 12.5 Å². The molecule has 0 aliphatic carbocycles. The predicted molar refractivity (Wildman–Crippen MR) is 52.3 cm³/mol. The van der Waals surface area contributed by atoms with Gasteiger partial charge in [0.1, 0.15) is 5.75 Å². The van der Waals surface area contributed by atoms with Crippen LogP contribution in [0.2, 0.25) is 0 Å². The second-order valence-corrected chi connectivity index (χ2v) is 3.15. The smallest absolute Gasteiger partial charge is 0.308 e. The minimum Gasteiger partial charge on any atom is -0.426 e. The van der Waals surface area contributed by atoms with Gasteiger partial charge in [0.15, 0.2) is 0 Å². The number of carbonyl (C=O) groups excluding carboxylic acids is 2. The fourth-order valence-corrected chi connectivity index (χ4v) is 1.20. The van der Waals surface area contributed by atoms with Gasteiger partial charge in [-0.1, -0.05) is 18.2 Å². The summed E-state index contributed by atoms with van der Waals surface area (Å²) in [6, 6.07) is 6.79. The molecule has 0 aliphatic rings. The van der Waals surface area contributed by atoms with Crippen LogP contribution < -0.4 is 4.74 Å². The van der Waals surface area contributed by atoms with Crippen LogP contribution in [0.5, 0.6) is 5.75 Å². The quantitative estimate of drug-likeness (QED) is 0.437. The summed E-state index contributed by atoms with van der Waals surface area (Å²) in [5, 5.41) is -0.482. The van der Waals surface area contributed by atoms with Gasteiger partial charge in [0.05, 0.1) is 6.42 Å². The van der Waals surface area contributed by atoms with Crippen molar-refractivity contribution >= 4 is 22.8 Å². The van der Waals surface area contributed by atoms with E-state index < -0.39 is 11.2 Å². The van der Waals surface area contributed by atoms with Crippen LogP contribution >= 0.6 is 11.6 Å². The molecule has 0 amide bonds. The summed E-state index contributed by atoms with van der Waals surface area (Å²) in [5.74, 6) is -0.0338. The zero-order chi connectivity index (χ0) is 10.6. The van der Waals surface area contributed by atoms with Gasteiger partial charge in [-0.3, -0.25) is 9.59 Å². The molecule has 0 spiro atoms. The zero-order valence-electron chi connectivity index (χ0n) is 7.62. The van der Waals surface area contributed by atoms with Crippen LogP contribution in [0.3, 0.4) is 0 Å². The van der Waals surface area contributed by atoms with E-state index in [2.05, 4.69) is 0 Å². The Morgan fingerprint density at radius 2 is 2.00 bits per heavy atom.